The Kier molecular flexibility index (Phi) is 5.87. The van der Waals surface area contributed by atoms with Gasteiger partial charge in [-0.15, -0.1) is 0 Å². The lowest BCUT2D eigenvalue weighted by molar-refractivity contribution is -0.116. The summed E-state index contributed by atoms with van der Waals surface area (Å²) in [5, 5.41) is 0.658. The topological polar surface area (TPSA) is 60.9 Å². The molecule has 2 aromatic rings. The summed E-state index contributed by atoms with van der Waals surface area (Å²) in [7, 11) is -3.76. The third-order valence-electron chi connectivity index (χ3n) is 5.68. The first-order valence-corrected chi connectivity index (χ1v) is 12.4. The van der Waals surface area contributed by atoms with E-state index in [2.05, 4.69) is 20.8 Å². The van der Waals surface area contributed by atoms with Crippen LogP contribution in [0.1, 0.15) is 19.4 Å². The highest BCUT2D eigenvalue weighted by molar-refractivity contribution is 9.10. The largest absolute Gasteiger partial charge is 0.369 e. The molecule has 1 amide bonds. The van der Waals surface area contributed by atoms with Crippen LogP contribution in [0.5, 0.6) is 0 Å². The van der Waals surface area contributed by atoms with Gasteiger partial charge in [0.25, 0.3) is 0 Å². The van der Waals surface area contributed by atoms with E-state index in [1.807, 2.05) is 37.3 Å². The number of anilines is 2. The Labute approximate surface area is 190 Å². The summed E-state index contributed by atoms with van der Waals surface area (Å²) < 4.78 is 29.4. The molecule has 2 aliphatic heterocycles. The van der Waals surface area contributed by atoms with Gasteiger partial charge in [-0.25, -0.2) is 8.42 Å². The number of fused-ring (bicyclic) bond motifs is 1. The molecule has 9 heteroatoms. The van der Waals surface area contributed by atoms with Gasteiger partial charge in [-0.1, -0.05) is 33.6 Å². The van der Waals surface area contributed by atoms with Crippen LogP contribution in [0.25, 0.3) is 0 Å². The summed E-state index contributed by atoms with van der Waals surface area (Å²) in [6, 6.07) is 11.0. The lowest BCUT2D eigenvalue weighted by atomic mass is 10.1. The second-order valence-corrected chi connectivity index (χ2v) is 11.0. The van der Waals surface area contributed by atoms with Crippen molar-refractivity contribution >= 4 is 54.8 Å². The van der Waals surface area contributed by atoms with Crippen LogP contribution in [0.15, 0.2) is 45.8 Å². The molecule has 1 saturated heterocycles. The highest BCUT2D eigenvalue weighted by atomic mass is 79.9. The fourth-order valence-corrected chi connectivity index (χ4v) is 6.86. The molecule has 0 unspecified atom stereocenters. The first-order chi connectivity index (χ1) is 14.2. The maximum absolute atomic E-state index is 13.6. The van der Waals surface area contributed by atoms with Gasteiger partial charge in [0.05, 0.1) is 5.69 Å². The van der Waals surface area contributed by atoms with Crippen molar-refractivity contribution in [3.05, 3.63) is 51.5 Å². The van der Waals surface area contributed by atoms with E-state index in [-0.39, 0.29) is 16.8 Å². The highest BCUT2D eigenvalue weighted by Crippen LogP contribution is 2.41. The highest BCUT2D eigenvalue weighted by Gasteiger charge is 2.38. The fourth-order valence-electron chi connectivity index (χ4n) is 4.35. The van der Waals surface area contributed by atoms with Gasteiger partial charge in [0.2, 0.25) is 15.9 Å². The van der Waals surface area contributed by atoms with E-state index >= 15 is 0 Å². The van der Waals surface area contributed by atoms with Gasteiger partial charge < -0.3 is 9.80 Å². The number of hydrogen-bond donors (Lipinski definition) is 0. The van der Waals surface area contributed by atoms with Crippen molar-refractivity contribution in [1.29, 1.82) is 0 Å². The fraction of sp³-hybridized carbons (Fsp3) is 0.381. The van der Waals surface area contributed by atoms with Crippen molar-refractivity contribution in [2.75, 3.05) is 36.0 Å². The van der Waals surface area contributed by atoms with E-state index in [4.69, 9.17) is 11.6 Å². The Balaban J connectivity index is 1.64. The van der Waals surface area contributed by atoms with Gasteiger partial charge in [-0.2, -0.15) is 4.31 Å². The van der Waals surface area contributed by atoms with Gasteiger partial charge in [-0.3, -0.25) is 4.79 Å². The number of halogens is 2. The smallest absolute Gasteiger partial charge is 0.245 e. The molecule has 0 radical (unpaired) electrons. The van der Waals surface area contributed by atoms with Gasteiger partial charge in [0, 0.05) is 54.3 Å². The zero-order chi connectivity index (χ0) is 21.6. The van der Waals surface area contributed by atoms with Crippen molar-refractivity contribution in [2.24, 2.45) is 0 Å². The monoisotopic (exact) mass is 511 g/mol. The third kappa shape index (κ3) is 3.86. The van der Waals surface area contributed by atoms with E-state index in [9.17, 15) is 13.2 Å². The Morgan fingerprint density at radius 3 is 2.47 bits per heavy atom. The van der Waals surface area contributed by atoms with Gasteiger partial charge in [-0.05, 0) is 49.2 Å². The molecule has 1 fully saturated rings. The molecule has 2 aliphatic rings. The Bertz CT molecular complexity index is 1100. The SMILES string of the molecule is CC(=O)N1c2c(cc(Br)cc2S(=O)(=O)N2CCN(c3cccc(Cl)c3)CC2)C[C@H]1C. The molecule has 1 atom stereocenters. The number of benzene rings is 2. The minimum Gasteiger partial charge on any atom is -0.369 e. The normalized spacial score (nSPS) is 19.8. The van der Waals surface area contributed by atoms with Crippen LogP contribution in [-0.2, 0) is 21.2 Å². The third-order valence-corrected chi connectivity index (χ3v) is 8.29. The van der Waals surface area contributed by atoms with Crippen LogP contribution in [0.4, 0.5) is 11.4 Å². The van der Waals surface area contributed by atoms with Crippen LogP contribution in [0.2, 0.25) is 5.02 Å². The van der Waals surface area contributed by atoms with Crippen molar-refractivity contribution in [1.82, 2.24) is 4.31 Å². The second kappa shape index (κ2) is 8.15. The lowest BCUT2D eigenvalue weighted by Gasteiger charge is -2.36. The standard InChI is InChI=1S/C21H23BrClN3O3S/c1-14-10-16-11-17(22)12-20(21(16)26(14)15(2)27)30(28,29)25-8-6-24(7-9-25)19-5-3-4-18(23)13-19/h3-5,11-14H,6-10H2,1-2H3/t14-/m1/s1. The molecule has 30 heavy (non-hydrogen) atoms. The van der Waals surface area contributed by atoms with Crippen molar-refractivity contribution in [3.63, 3.8) is 0 Å². The van der Waals surface area contributed by atoms with Crippen LogP contribution in [0, 0.1) is 0 Å². The van der Waals surface area contributed by atoms with E-state index in [0.29, 0.717) is 47.8 Å². The number of sulfonamides is 1. The summed E-state index contributed by atoms with van der Waals surface area (Å²) in [6.45, 7) is 5.30. The summed E-state index contributed by atoms with van der Waals surface area (Å²) in [5.41, 5.74) is 2.39. The van der Waals surface area contributed by atoms with Crippen LogP contribution >= 0.6 is 27.5 Å². The van der Waals surface area contributed by atoms with Crippen molar-refractivity contribution < 1.29 is 13.2 Å². The summed E-state index contributed by atoms with van der Waals surface area (Å²) in [4.78, 5) is 16.2. The lowest BCUT2D eigenvalue weighted by Crippen LogP contribution is -2.49. The maximum atomic E-state index is 13.6. The second-order valence-electron chi connectivity index (χ2n) is 7.72. The molecule has 0 aliphatic carbocycles. The number of hydrogen-bond acceptors (Lipinski definition) is 4. The van der Waals surface area contributed by atoms with Crippen LogP contribution in [-0.4, -0.2) is 50.9 Å². The summed E-state index contributed by atoms with van der Waals surface area (Å²) in [5.74, 6) is -0.147. The van der Waals surface area contributed by atoms with E-state index in [1.165, 1.54) is 11.2 Å². The minimum atomic E-state index is -3.76. The number of rotatable bonds is 3. The summed E-state index contributed by atoms with van der Waals surface area (Å²) in [6.07, 6.45) is 0.638. The zero-order valence-corrected chi connectivity index (χ0v) is 20.0. The van der Waals surface area contributed by atoms with Crippen LogP contribution < -0.4 is 9.80 Å². The molecule has 0 saturated carbocycles. The average Bonchev–Trinajstić information content (AvgIpc) is 3.03. The maximum Gasteiger partial charge on any atom is 0.245 e. The summed E-state index contributed by atoms with van der Waals surface area (Å²) >= 11 is 9.54. The molecule has 0 bridgehead atoms. The van der Waals surface area contributed by atoms with Gasteiger partial charge in [0.1, 0.15) is 4.90 Å². The molecule has 0 N–H and O–H groups in total. The number of carbonyl (C=O) groups excluding carboxylic acids is 1. The molecule has 0 spiro atoms. The molecular formula is C21H23BrClN3O3S. The molecule has 2 aromatic carbocycles. The Hall–Kier alpha value is -1.61. The predicted octanol–water partition coefficient (Wildman–Crippen LogP) is 3.91. The number of amides is 1. The zero-order valence-electron chi connectivity index (χ0n) is 16.8. The number of carbonyl (C=O) groups is 1. The average molecular weight is 513 g/mol. The molecular weight excluding hydrogens is 490 g/mol. The first kappa shape index (κ1) is 21.6. The quantitative estimate of drug-likeness (QED) is 0.626. The van der Waals surface area contributed by atoms with Gasteiger partial charge in [0.15, 0.2) is 0 Å². The molecule has 160 valence electrons. The molecule has 0 aromatic heterocycles. The number of nitrogens with zero attached hydrogens (tertiary/aromatic N) is 3. The first-order valence-electron chi connectivity index (χ1n) is 9.81. The Morgan fingerprint density at radius 2 is 1.83 bits per heavy atom. The number of piperazine rings is 1. The molecule has 4 rings (SSSR count). The predicted molar refractivity (Wildman–Crippen MR) is 123 cm³/mol. The molecule has 2 heterocycles. The Morgan fingerprint density at radius 1 is 1.13 bits per heavy atom. The minimum absolute atomic E-state index is 0.0690. The molecule has 6 nitrogen and oxygen atoms in total. The van der Waals surface area contributed by atoms with Crippen molar-refractivity contribution in [2.45, 2.75) is 31.2 Å². The van der Waals surface area contributed by atoms with Gasteiger partial charge >= 0.3 is 0 Å². The van der Waals surface area contributed by atoms with Crippen LogP contribution in [0.3, 0.4) is 0 Å². The van der Waals surface area contributed by atoms with E-state index in [0.717, 1.165) is 11.3 Å². The van der Waals surface area contributed by atoms with E-state index in [1.54, 1.807) is 11.0 Å². The van der Waals surface area contributed by atoms with Crippen molar-refractivity contribution in [3.8, 4) is 0 Å². The van der Waals surface area contributed by atoms with E-state index < -0.39 is 10.0 Å².